The first-order valence-corrected chi connectivity index (χ1v) is 5.76. The third-order valence-corrected chi connectivity index (χ3v) is 2.05. The fourth-order valence-corrected chi connectivity index (χ4v) is 1.38. The number of rotatable bonds is 5. The summed E-state index contributed by atoms with van der Waals surface area (Å²) in [4.78, 5) is 11.6. The van der Waals surface area contributed by atoms with Crippen molar-refractivity contribution in [3.63, 3.8) is 0 Å². The van der Waals surface area contributed by atoms with E-state index in [1.54, 1.807) is 20.8 Å². The van der Waals surface area contributed by atoms with E-state index >= 15 is 0 Å². The molecule has 1 N–H and O–H groups in total. The lowest BCUT2D eigenvalue weighted by molar-refractivity contribution is 0.0414. The van der Waals surface area contributed by atoms with Crippen LogP contribution in [0.3, 0.4) is 0 Å². The van der Waals surface area contributed by atoms with Gasteiger partial charge in [0.05, 0.1) is 12.1 Å². The molecule has 0 bridgehead atoms. The standard InChI is InChI=1S/C12H22N2O3/c1-6-7-9(10(8-13)16-5)14-11(15)17-12(2,3)4/h9-10H,6-7H2,1-5H3,(H,14,15)/t9-,10?/m0/s1. The molecule has 98 valence electrons. The third-order valence-electron chi connectivity index (χ3n) is 2.05. The van der Waals surface area contributed by atoms with Gasteiger partial charge >= 0.3 is 6.09 Å². The van der Waals surface area contributed by atoms with Gasteiger partial charge in [0.1, 0.15) is 5.60 Å². The van der Waals surface area contributed by atoms with E-state index in [1.165, 1.54) is 7.11 Å². The van der Waals surface area contributed by atoms with Crippen LogP contribution in [0.5, 0.6) is 0 Å². The molecule has 1 amide bonds. The van der Waals surface area contributed by atoms with Crippen LogP contribution in [0.2, 0.25) is 0 Å². The Morgan fingerprint density at radius 3 is 2.41 bits per heavy atom. The molecular formula is C12H22N2O3. The van der Waals surface area contributed by atoms with Gasteiger partial charge in [0.2, 0.25) is 0 Å². The number of carbonyl (C=O) groups excluding carboxylic acids is 1. The molecule has 0 spiro atoms. The van der Waals surface area contributed by atoms with Crippen molar-refractivity contribution in [2.75, 3.05) is 7.11 Å². The molecule has 0 fully saturated rings. The quantitative estimate of drug-likeness (QED) is 0.802. The number of alkyl carbamates (subject to hydrolysis) is 1. The Morgan fingerprint density at radius 1 is 1.47 bits per heavy atom. The van der Waals surface area contributed by atoms with Crippen molar-refractivity contribution in [3.05, 3.63) is 0 Å². The number of carbonyl (C=O) groups is 1. The van der Waals surface area contributed by atoms with Crippen molar-refractivity contribution in [2.45, 2.75) is 58.3 Å². The van der Waals surface area contributed by atoms with Gasteiger partial charge in [0.15, 0.2) is 6.10 Å². The van der Waals surface area contributed by atoms with E-state index in [2.05, 4.69) is 5.32 Å². The van der Waals surface area contributed by atoms with Gasteiger partial charge in [-0.2, -0.15) is 5.26 Å². The SMILES string of the molecule is CCC[C@H](NC(=O)OC(C)(C)C)C(C#N)OC. The van der Waals surface area contributed by atoms with E-state index in [0.717, 1.165) is 6.42 Å². The smallest absolute Gasteiger partial charge is 0.407 e. The largest absolute Gasteiger partial charge is 0.444 e. The van der Waals surface area contributed by atoms with Crippen LogP contribution in [-0.2, 0) is 9.47 Å². The average molecular weight is 242 g/mol. The van der Waals surface area contributed by atoms with Gasteiger partial charge in [-0.1, -0.05) is 13.3 Å². The highest BCUT2D eigenvalue weighted by atomic mass is 16.6. The first-order valence-electron chi connectivity index (χ1n) is 5.76. The lowest BCUT2D eigenvalue weighted by atomic mass is 10.1. The molecule has 17 heavy (non-hydrogen) atoms. The zero-order valence-electron chi connectivity index (χ0n) is 11.2. The summed E-state index contributed by atoms with van der Waals surface area (Å²) < 4.78 is 10.2. The minimum atomic E-state index is -0.650. The van der Waals surface area contributed by atoms with Crippen LogP contribution in [0.15, 0.2) is 0 Å². The molecule has 0 rings (SSSR count). The number of nitrogens with one attached hydrogen (secondary N) is 1. The number of amides is 1. The van der Waals surface area contributed by atoms with Crippen LogP contribution < -0.4 is 5.32 Å². The van der Waals surface area contributed by atoms with Gasteiger partial charge < -0.3 is 14.8 Å². The zero-order valence-corrected chi connectivity index (χ0v) is 11.2. The highest BCUT2D eigenvalue weighted by Crippen LogP contribution is 2.10. The summed E-state index contributed by atoms with van der Waals surface area (Å²) in [7, 11) is 1.45. The van der Waals surface area contributed by atoms with Crippen molar-refractivity contribution in [1.29, 1.82) is 5.26 Å². The summed E-state index contributed by atoms with van der Waals surface area (Å²) in [6, 6.07) is 1.67. The molecule has 0 radical (unpaired) electrons. The van der Waals surface area contributed by atoms with Crippen LogP contribution in [0.1, 0.15) is 40.5 Å². The van der Waals surface area contributed by atoms with Crippen molar-refractivity contribution in [2.24, 2.45) is 0 Å². The zero-order chi connectivity index (χ0) is 13.5. The van der Waals surface area contributed by atoms with E-state index < -0.39 is 17.8 Å². The third kappa shape index (κ3) is 6.80. The predicted octanol–water partition coefficient (Wildman–Crippen LogP) is 2.22. The Bertz CT molecular complexity index is 278. The summed E-state index contributed by atoms with van der Waals surface area (Å²) in [5.41, 5.74) is -0.546. The lowest BCUT2D eigenvalue weighted by Gasteiger charge is -2.25. The topological polar surface area (TPSA) is 71.3 Å². The van der Waals surface area contributed by atoms with Gasteiger partial charge in [-0.05, 0) is 27.2 Å². The number of methoxy groups -OCH3 is 1. The van der Waals surface area contributed by atoms with Crippen molar-refractivity contribution in [3.8, 4) is 6.07 Å². The second kappa shape index (κ2) is 7.13. The van der Waals surface area contributed by atoms with Gasteiger partial charge in [0.25, 0.3) is 0 Å². The molecule has 0 heterocycles. The monoisotopic (exact) mass is 242 g/mol. The molecule has 2 atom stereocenters. The average Bonchev–Trinajstić information content (AvgIpc) is 2.16. The maximum Gasteiger partial charge on any atom is 0.407 e. The molecule has 0 aromatic heterocycles. The summed E-state index contributed by atoms with van der Waals surface area (Å²) in [6.07, 6.45) is 0.351. The normalized spacial score (nSPS) is 14.6. The molecule has 0 saturated carbocycles. The van der Waals surface area contributed by atoms with E-state index in [1.807, 2.05) is 13.0 Å². The summed E-state index contributed by atoms with van der Waals surface area (Å²) >= 11 is 0. The molecule has 0 aliphatic rings. The van der Waals surface area contributed by atoms with E-state index in [9.17, 15) is 4.79 Å². The Balaban J connectivity index is 4.45. The predicted molar refractivity (Wildman–Crippen MR) is 64.5 cm³/mol. The minimum absolute atomic E-state index is 0.343. The molecule has 0 aromatic carbocycles. The van der Waals surface area contributed by atoms with Crippen molar-refractivity contribution < 1.29 is 14.3 Å². The number of ether oxygens (including phenoxy) is 2. The molecule has 0 aliphatic carbocycles. The molecule has 0 saturated heterocycles. The van der Waals surface area contributed by atoms with Gasteiger partial charge in [-0.3, -0.25) is 0 Å². The van der Waals surface area contributed by atoms with Gasteiger partial charge in [-0.25, -0.2) is 4.79 Å². The summed E-state index contributed by atoms with van der Waals surface area (Å²) in [6.45, 7) is 7.35. The van der Waals surface area contributed by atoms with Crippen LogP contribution in [-0.4, -0.2) is 30.9 Å². The van der Waals surface area contributed by atoms with Crippen LogP contribution in [0.25, 0.3) is 0 Å². The number of nitriles is 1. The van der Waals surface area contributed by atoms with Crippen molar-refractivity contribution in [1.82, 2.24) is 5.32 Å². The number of hydrogen-bond donors (Lipinski definition) is 1. The molecule has 0 aromatic rings. The van der Waals surface area contributed by atoms with Crippen LogP contribution in [0, 0.1) is 11.3 Å². The van der Waals surface area contributed by atoms with Crippen molar-refractivity contribution >= 4 is 6.09 Å². The maximum absolute atomic E-state index is 11.6. The van der Waals surface area contributed by atoms with E-state index in [-0.39, 0.29) is 6.04 Å². The first kappa shape index (κ1) is 15.7. The number of nitrogens with zero attached hydrogens (tertiary/aromatic N) is 1. The van der Waals surface area contributed by atoms with Gasteiger partial charge in [0, 0.05) is 7.11 Å². The second-order valence-electron chi connectivity index (χ2n) is 4.83. The molecule has 5 heteroatoms. The molecule has 1 unspecified atom stereocenters. The van der Waals surface area contributed by atoms with Crippen LogP contribution >= 0.6 is 0 Å². The van der Waals surface area contributed by atoms with Crippen LogP contribution in [0.4, 0.5) is 4.79 Å². The maximum atomic E-state index is 11.6. The second-order valence-corrected chi connectivity index (χ2v) is 4.83. The Labute approximate surface area is 103 Å². The fraction of sp³-hybridized carbons (Fsp3) is 0.833. The molecule has 0 aliphatic heterocycles. The first-order chi connectivity index (χ1) is 7.84. The number of hydrogen-bond acceptors (Lipinski definition) is 4. The van der Waals surface area contributed by atoms with Gasteiger partial charge in [-0.15, -0.1) is 0 Å². The Hall–Kier alpha value is -1.28. The minimum Gasteiger partial charge on any atom is -0.444 e. The summed E-state index contributed by atoms with van der Waals surface area (Å²) in [5.74, 6) is 0. The summed E-state index contributed by atoms with van der Waals surface area (Å²) in [5, 5.41) is 11.6. The Morgan fingerprint density at radius 2 is 2.06 bits per heavy atom. The Kier molecular flexibility index (Phi) is 6.59. The lowest BCUT2D eigenvalue weighted by Crippen LogP contribution is -2.45. The van der Waals surface area contributed by atoms with E-state index in [4.69, 9.17) is 14.7 Å². The highest BCUT2D eigenvalue weighted by molar-refractivity contribution is 5.68. The fourth-order valence-electron chi connectivity index (χ4n) is 1.38. The molecule has 5 nitrogen and oxygen atoms in total. The highest BCUT2D eigenvalue weighted by Gasteiger charge is 2.24. The molecular weight excluding hydrogens is 220 g/mol. The van der Waals surface area contributed by atoms with E-state index in [0.29, 0.717) is 6.42 Å².